The summed E-state index contributed by atoms with van der Waals surface area (Å²) < 4.78 is 5.79. The highest BCUT2D eigenvalue weighted by molar-refractivity contribution is 7.99. The van der Waals surface area contributed by atoms with Crippen LogP contribution in [0.1, 0.15) is 5.56 Å². The molecule has 0 radical (unpaired) electrons. The zero-order valence-corrected chi connectivity index (χ0v) is 12.4. The van der Waals surface area contributed by atoms with Gasteiger partial charge < -0.3 is 9.84 Å². The molecule has 0 saturated carbocycles. The van der Waals surface area contributed by atoms with E-state index in [1.54, 1.807) is 11.8 Å². The maximum absolute atomic E-state index is 10.3. The van der Waals surface area contributed by atoms with Crippen molar-refractivity contribution in [3.05, 3.63) is 59.1 Å². The van der Waals surface area contributed by atoms with E-state index in [0.717, 1.165) is 17.1 Å². The van der Waals surface area contributed by atoms with Crippen LogP contribution in [0.4, 0.5) is 0 Å². The summed E-state index contributed by atoms with van der Waals surface area (Å²) in [6, 6.07) is 15.6. The van der Waals surface area contributed by atoms with Crippen LogP contribution in [0.2, 0.25) is 5.02 Å². The number of ether oxygens (including phenoxy) is 1. The van der Waals surface area contributed by atoms with Gasteiger partial charge in [-0.25, -0.2) is 0 Å². The van der Waals surface area contributed by atoms with E-state index in [-0.39, 0.29) is 6.10 Å². The summed E-state index contributed by atoms with van der Waals surface area (Å²) in [6.45, 7) is 0. The van der Waals surface area contributed by atoms with Crippen LogP contribution in [-0.2, 0) is 6.42 Å². The zero-order valence-electron chi connectivity index (χ0n) is 10.8. The van der Waals surface area contributed by atoms with Gasteiger partial charge in [-0.15, -0.1) is 11.8 Å². The minimum Gasteiger partial charge on any atom is -0.487 e. The van der Waals surface area contributed by atoms with Crippen LogP contribution in [0, 0.1) is 0 Å². The number of hydrogen-bond acceptors (Lipinski definition) is 3. The predicted octanol–water partition coefficient (Wildman–Crippen LogP) is 3.80. The van der Waals surface area contributed by atoms with Gasteiger partial charge in [0.15, 0.2) is 0 Å². The third-order valence-corrected chi connectivity index (χ3v) is 4.65. The lowest BCUT2D eigenvalue weighted by molar-refractivity contribution is 0.0665. The van der Waals surface area contributed by atoms with Crippen molar-refractivity contribution in [2.75, 3.05) is 5.75 Å². The summed E-state index contributed by atoms with van der Waals surface area (Å²) in [6.07, 6.45) is 0.124. The highest BCUT2D eigenvalue weighted by atomic mass is 35.5. The highest BCUT2D eigenvalue weighted by Gasteiger charge is 2.28. The van der Waals surface area contributed by atoms with E-state index in [2.05, 4.69) is 0 Å². The number of benzene rings is 2. The normalized spacial score (nSPS) is 18.4. The predicted molar refractivity (Wildman–Crippen MR) is 82.7 cm³/mol. The molecule has 2 unspecified atom stereocenters. The van der Waals surface area contributed by atoms with Gasteiger partial charge in [-0.2, -0.15) is 0 Å². The largest absolute Gasteiger partial charge is 0.487 e. The van der Waals surface area contributed by atoms with Crippen LogP contribution >= 0.6 is 23.4 Å². The van der Waals surface area contributed by atoms with E-state index in [1.807, 2.05) is 48.5 Å². The van der Waals surface area contributed by atoms with Crippen molar-refractivity contribution in [2.24, 2.45) is 0 Å². The monoisotopic (exact) mass is 306 g/mol. The number of aliphatic hydroxyl groups excluding tert-OH is 1. The Kier molecular flexibility index (Phi) is 4.20. The van der Waals surface area contributed by atoms with Crippen LogP contribution in [0.25, 0.3) is 0 Å². The quantitative estimate of drug-likeness (QED) is 0.871. The molecule has 104 valence electrons. The van der Waals surface area contributed by atoms with Gasteiger partial charge in [0.2, 0.25) is 0 Å². The first kappa shape index (κ1) is 13.8. The van der Waals surface area contributed by atoms with E-state index in [9.17, 15) is 5.11 Å². The Morgan fingerprint density at radius 3 is 2.90 bits per heavy atom. The summed E-state index contributed by atoms with van der Waals surface area (Å²) in [5.74, 6) is 1.49. The third-order valence-electron chi connectivity index (χ3n) is 3.32. The number of hydrogen-bond donors (Lipinski definition) is 1. The first-order valence-corrected chi connectivity index (χ1v) is 7.90. The van der Waals surface area contributed by atoms with Gasteiger partial charge in [0.25, 0.3) is 0 Å². The van der Waals surface area contributed by atoms with Gasteiger partial charge >= 0.3 is 0 Å². The molecule has 0 amide bonds. The smallest absolute Gasteiger partial charge is 0.129 e. The van der Waals surface area contributed by atoms with E-state index >= 15 is 0 Å². The number of thioether (sulfide) groups is 1. The summed E-state index contributed by atoms with van der Waals surface area (Å²) >= 11 is 7.54. The third kappa shape index (κ3) is 3.11. The highest BCUT2D eigenvalue weighted by Crippen LogP contribution is 2.31. The molecule has 2 aromatic carbocycles. The molecule has 0 fully saturated rings. The number of fused-ring (bicyclic) bond motifs is 1. The standard InChI is InChI=1S/C16H15ClO2S/c17-12-5-3-6-13(9-12)20-10-14(18)16-8-11-4-1-2-7-15(11)19-16/h1-7,9,14,16,18H,8,10H2. The van der Waals surface area contributed by atoms with E-state index < -0.39 is 6.10 Å². The van der Waals surface area contributed by atoms with Gasteiger partial charge in [0.1, 0.15) is 18.0 Å². The molecule has 1 aliphatic rings. The summed E-state index contributed by atoms with van der Waals surface area (Å²) in [5, 5.41) is 11.0. The number of halogens is 1. The fourth-order valence-electron chi connectivity index (χ4n) is 2.27. The molecule has 0 aliphatic carbocycles. The number of aliphatic hydroxyl groups is 1. The molecule has 4 heteroatoms. The average Bonchev–Trinajstić information content (AvgIpc) is 2.89. The summed E-state index contributed by atoms with van der Waals surface area (Å²) in [5.41, 5.74) is 1.17. The van der Waals surface area contributed by atoms with Crippen LogP contribution < -0.4 is 4.74 Å². The molecule has 1 heterocycles. The Morgan fingerprint density at radius 2 is 2.10 bits per heavy atom. The lowest BCUT2D eigenvalue weighted by Crippen LogP contribution is -2.32. The zero-order chi connectivity index (χ0) is 13.9. The second-order valence-corrected chi connectivity index (χ2v) is 6.33. The Bertz CT molecular complexity index is 578. The number of rotatable bonds is 4. The first-order valence-electron chi connectivity index (χ1n) is 6.53. The van der Waals surface area contributed by atoms with E-state index in [1.165, 1.54) is 5.56 Å². The van der Waals surface area contributed by atoms with Crippen molar-refractivity contribution in [2.45, 2.75) is 23.5 Å². The minimum absolute atomic E-state index is 0.154. The van der Waals surface area contributed by atoms with Crippen molar-refractivity contribution in [1.29, 1.82) is 0 Å². The lowest BCUT2D eigenvalue weighted by Gasteiger charge is -2.17. The maximum atomic E-state index is 10.3. The fourth-order valence-corrected chi connectivity index (χ4v) is 3.49. The van der Waals surface area contributed by atoms with Crippen LogP contribution in [0.5, 0.6) is 5.75 Å². The van der Waals surface area contributed by atoms with Crippen LogP contribution in [0.15, 0.2) is 53.4 Å². The molecule has 0 aromatic heterocycles. The lowest BCUT2D eigenvalue weighted by atomic mass is 10.1. The van der Waals surface area contributed by atoms with Crippen molar-refractivity contribution >= 4 is 23.4 Å². The van der Waals surface area contributed by atoms with E-state index in [0.29, 0.717) is 10.8 Å². The van der Waals surface area contributed by atoms with Crippen molar-refractivity contribution < 1.29 is 9.84 Å². The molecule has 0 spiro atoms. The molecule has 20 heavy (non-hydrogen) atoms. The van der Waals surface area contributed by atoms with Crippen LogP contribution in [0.3, 0.4) is 0 Å². The molecule has 2 nitrogen and oxygen atoms in total. The van der Waals surface area contributed by atoms with Gasteiger partial charge in [0.05, 0.1) is 0 Å². The van der Waals surface area contributed by atoms with Gasteiger partial charge in [-0.1, -0.05) is 35.9 Å². The Labute approximate surface area is 127 Å². The van der Waals surface area contributed by atoms with Crippen molar-refractivity contribution in [3.63, 3.8) is 0 Å². The molecular formula is C16H15ClO2S. The second kappa shape index (κ2) is 6.08. The molecule has 0 saturated heterocycles. The fraction of sp³-hybridized carbons (Fsp3) is 0.250. The molecule has 2 atom stereocenters. The van der Waals surface area contributed by atoms with E-state index in [4.69, 9.17) is 16.3 Å². The molecule has 0 bridgehead atoms. The topological polar surface area (TPSA) is 29.5 Å². The molecule has 1 aliphatic heterocycles. The van der Waals surface area contributed by atoms with Gasteiger partial charge in [0, 0.05) is 22.1 Å². The maximum Gasteiger partial charge on any atom is 0.129 e. The Balaban J connectivity index is 1.57. The van der Waals surface area contributed by atoms with Crippen molar-refractivity contribution in [3.8, 4) is 5.75 Å². The van der Waals surface area contributed by atoms with Crippen molar-refractivity contribution in [1.82, 2.24) is 0 Å². The Hall–Kier alpha value is -1.16. The summed E-state index contributed by atoms with van der Waals surface area (Å²) in [7, 11) is 0. The first-order chi connectivity index (χ1) is 9.72. The molecule has 3 rings (SSSR count). The van der Waals surface area contributed by atoms with Gasteiger partial charge in [-0.05, 0) is 29.8 Å². The molecule has 1 N–H and O–H groups in total. The Morgan fingerprint density at radius 1 is 1.25 bits per heavy atom. The average molecular weight is 307 g/mol. The number of para-hydroxylation sites is 1. The molecule has 2 aromatic rings. The second-order valence-electron chi connectivity index (χ2n) is 4.80. The minimum atomic E-state index is -0.494. The molecular weight excluding hydrogens is 292 g/mol. The SMILES string of the molecule is OC(CSc1cccc(Cl)c1)C1Cc2ccccc2O1. The van der Waals surface area contributed by atoms with Gasteiger partial charge in [-0.3, -0.25) is 0 Å². The summed E-state index contributed by atoms with van der Waals surface area (Å²) in [4.78, 5) is 1.06. The van der Waals surface area contributed by atoms with Crippen LogP contribution in [-0.4, -0.2) is 23.1 Å².